The lowest BCUT2D eigenvalue weighted by Gasteiger charge is -2.29. The Morgan fingerprint density at radius 2 is 1.06 bits per heavy atom. The average molecular weight is 898 g/mol. The highest BCUT2D eigenvalue weighted by Gasteiger charge is 2.35. The van der Waals surface area contributed by atoms with Crippen LogP contribution >= 0.6 is 0 Å². The molecule has 13 N–H and O–H groups in total. The van der Waals surface area contributed by atoms with Gasteiger partial charge in [0.1, 0.15) is 47.6 Å². The second-order valence-electron chi connectivity index (χ2n) is 16.9. The van der Waals surface area contributed by atoms with E-state index >= 15 is 0 Å². The average Bonchev–Trinajstić information content (AvgIpc) is 3.19. The number of hydrogen-bond acceptors (Lipinski definition) is 12. The van der Waals surface area contributed by atoms with E-state index in [1.165, 1.54) is 19.1 Å². The SMILES string of the molecule is CC(C)[C@H](NC(=O)[C@H](CCC(=O)O)NC(=O)[C@H](Cc1ccc(N)cc1)NC(=O)[C@@H](C)NC(=O)[C@H](Cc1ccc(O)cc1)NC(=O)OC(C)(C)C)C(=O)N[C@H](C(=O)NCC(N)=O)C(C)C. The van der Waals surface area contributed by atoms with Crippen molar-refractivity contribution in [2.75, 3.05) is 12.3 Å². The summed E-state index contributed by atoms with van der Waals surface area (Å²) in [7, 11) is 0. The fraction of sp³-hybridized carbons (Fsp3) is 0.512. The van der Waals surface area contributed by atoms with Gasteiger partial charge in [0.15, 0.2) is 0 Å². The van der Waals surface area contributed by atoms with Gasteiger partial charge in [-0.15, -0.1) is 0 Å². The Morgan fingerprint density at radius 1 is 0.609 bits per heavy atom. The van der Waals surface area contributed by atoms with Crippen LogP contribution in [0.1, 0.15) is 79.4 Å². The number of alkyl carbamates (subject to hydrolysis) is 1. The van der Waals surface area contributed by atoms with Crippen molar-refractivity contribution in [3.05, 3.63) is 59.7 Å². The van der Waals surface area contributed by atoms with Gasteiger partial charge in [-0.2, -0.15) is 0 Å². The van der Waals surface area contributed by atoms with Crippen LogP contribution in [0.2, 0.25) is 0 Å². The number of aromatic hydroxyl groups is 1. The molecule has 0 spiro atoms. The number of primary amides is 1. The van der Waals surface area contributed by atoms with E-state index < -0.39 is 126 Å². The largest absolute Gasteiger partial charge is 0.508 e. The number of phenols is 1. The van der Waals surface area contributed by atoms with E-state index in [0.717, 1.165) is 0 Å². The number of phenolic OH excluding ortho intramolecular Hbond substituents is 1. The summed E-state index contributed by atoms with van der Waals surface area (Å²) < 4.78 is 5.33. The van der Waals surface area contributed by atoms with E-state index in [0.29, 0.717) is 16.8 Å². The van der Waals surface area contributed by atoms with Crippen LogP contribution in [0.5, 0.6) is 5.75 Å². The number of amides is 8. The molecule has 0 bridgehead atoms. The first-order valence-corrected chi connectivity index (χ1v) is 20.7. The minimum atomic E-state index is -1.56. The summed E-state index contributed by atoms with van der Waals surface area (Å²) in [4.78, 5) is 117. The monoisotopic (exact) mass is 897 g/mol. The summed E-state index contributed by atoms with van der Waals surface area (Å²) in [5.41, 5.74) is 11.6. The number of carbonyl (C=O) groups is 9. The van der Waals surface area contributed by atoms with Gasteiger partial charge in [-0.25, -0.2) is 4.79 Å². The molecule has 0 radical (unpaired) electrons. The Hall–Kier alpha value is -6.93. The molecule has 2 rings (SSSR count). The van der Waals surface area contributed by atoms with E-state index in [-0.39, 0.29) is 18.6 Å². The summed E-state index contributed by atoms with van der Waals surface area (Å²) in [6.45, 7) is 12.3. The quantitative estimate of drug-likeness (QED) is 0.0649. The van der Waals surface area contributed by atoms with Crippen molar-refractivity contribution in [3.63, 3.8) is 0 Å². The number of hydrogen-bond donors (Lipinski definition) is 11. The lowest BCUT2D eigenvalue weighted by molar-refractivity contribution is -0.139. The van der Waals surface area contributed by atoms with Crippen molar-refractivity contribution < 1.29 is 58.1 Å². The zero-order valence-corrected chi connectivity index (χ0v) is 37.4. The number of nitrogen functional groups attached to an aromatic ring is 1. The zero-order valence-electron chi connectivity index (χ0n) is 37.4. The second kappa shape index (κ2) is 24.6. The van der Waals surface area contributed by atoms with Crippen LogP contribution in [0.25, 0.3) is 0 Å². The van der Waals surface area contributed by atoms with E-state index in [2.05, 4.69) is 37.2 Å². The minimum Gasteiger partial charge on any atom is -0.508 e. The predicted molar refractivity (Wildman–Crippen MR) is 234 cm³/mol. The first-order chi connectivity index (χ1) is 29.8. The Labute approximate surface area is 371 Å². The Balaban J connectivity index is 2.38. The van der Waals surface area contributed by atoms with Crippen LogP contribution in [0.3, 0.4) is 0 Å². The molecule has 0 aliphatic heterocycles. The van der Waals surface area contributed by atoms with Gasteiger partial charge >= 0.3 is 12.1 Å². The highest BCUT2D eigenvalue weighted by molar-refractivity contribution is 5.97. The number of rotatable bonds is 23. The van der Waals surface area contributed by atoms with Gasteiger partial charge in [0, 0.05) is 24.9 Å². The van der Waals surface area contributed by atoms with Gasteiger partial charge in [-0.3, -0.25) is 38.4 Å². The molecular formula is C43H63N9O12. The standard InChI is InChI=1S/C43H63N9O12/c1-22(2)34(40(61)46-21-32(45)54)52-41(62)35(23(3)4)51-37(58)29(17-18-33(55)56)48-39(60)30(19-25-9-13-27(44)14-10-25)49-36(57)24(5)47-38(59)31(50-42(63)64-43(6,7)8)20-26-11-15-28(53)16-12-26/h9-16,22-24,29-31,34-35,53H,17-21,44H2,1-8H3,(H2,45,54)(H,46,61)(H,47,59)(H,48,60)(H,49,57)(H,50,63)(H,51,58)(H,52,62)(H,55,56)/t24-,29+,30+,31+,34+,35+/m1/s1. The molecule has 64 heavy (non-hydrogen) atoms. The van der Waals surface area contributed by atoms with Crippen molar-refractivity contribution in [1.82, 2.24) is 37.2 Å². The number of benzene rings is 2. The lowest BCUT2D eigenvalue weighted by Crippen LogP contribution is -2.61. The van der Waals surface area contributed by atoms with Gasteiger partial charge in [0.2, 0.25) is 41.4 Å². The van der Waals surface area contributed by atoms with Gasteiger partial charge < -0.3 is 63.6 Å². The predicted octanol–water partition coefficient (Wildman–Crippen LogP) is -0.125. The molecule has 0 heterocycles. The third-order valence-corrected chi connectivity index (χ3v) is 9.40. The van der Waals surface area contributed by atoms with Crippen molar-refractivity contribution in [3.8, 4) is 5.75 Å². The van der Waals surface area contributed by atoms with Crippen molar-refractivity contribution in [2.24, 2.45) is 17.6 Å². The summed E-state index contributed by atoms with van der Waals surface area (Å²) in [5.74, 6) is -8.17. The molecule has 352 valence electrons. The summed E-state index contributed by atoms with van der Waals surface area (Å²) in [6, 6.07) is 4.22. The van der Waals surface area contributed by atoms with Crippen LogP contribution < -0.4 is 48.7 Å². The molecule has 21 nitrogen and oxygen atoms in total. The van der Waals surface area contributed by atoms with E-state index in [4.69, 9.17) is 16.2 Å². The van der Waals surface area contributed by atoms with E-state index in [1.54, 1.807) is 84.9 Å². The molecule has 0 saturated heterocycles. The van der Waals surface area contributed by atoms with Gasteiger partial charge in [0.05, 0.1) is 6.54 Å². The van der Waals surface area contributed by atoms with Gasteiger partial charge in [-0.1, -0.05) is 52.0 Å². The van der Waals surface area contributed by atoms with Crippen LogP contribution in [0.15, 0.2) is 48.5 Å². The Morgan fingerprint density at radius 3 is 1.56 bits per heavy atom. The first kappa shape index (κ1) is 53.2. The Bertz CT molecular complexity index is 1970. The maximum absolute atomic E-state index is 14.1. The van der Waals surface area contributed by atoms with Crippen molar-refractivity contribution in [2.45, 2.75) is 123 Å². The molecule has 0 fully saturated rings. The summed E-state index contributed by atoms with van der Waals surface area (Å²) >= 11 is 0. The molecule has 6 atom stereocenters. The fourth-order valence-corrected chi connectivity index (χ4v) is 5.96. The normalized spacial score (nSPS) is 14.0. The summed E-state index contributed by atoms with van der Waals surface area (Å²) in [6.07, 6.45) is -2.17. The third kappa shape index (κ3) is 19.0. The van der Waals surface area contributed by atoms with Gasteiger partial charge in [-0.05, 0) is 81.3 Å². The smallest absolute Gasteiger partial charge is 0.408 e. The molecule has 21 heteroatoms. The van der Waals surface area contributed by atoms with Crippen LogP contribution in [-0.4, -0.2) is 112 Å². The molecule has 0 saturated carbocycles. The topological polar surface area (TPSA) is 340 Å². The molecular weight excluding hydrogens is 835 g/mol. The van der Waals surface area contributed by atoms with Gasteiger partial charge in [0.25, 0.3) is 0 Å². The first-order valence-electron chi connectivity index (χ1n) is 20.7. The van der Waals surface area contributed by atoms with Crippen LogP contribution in [0, 0.1) is 11.8 Å². The molecule has 0 aliphatic rings. The van der Waals surface area contributed by atoms with Crippen molar-refractivity contribution >= 4 is 59.1 Å². The van der Waals surface area contributed by atoms with Crippen LogP contribution in [0.4, 0.5) is 10.5 Å². The zero-order chi connectivity index (χ0) is 48.5. The lowest BCUT2D eigenvalue weighted by atomic mass is 9.99. The second-order valence-corrected chi connectivity index (χ2v) is 16.9. The number of aliphatic carboxylic acids is 1. The number of ether oxygens (including phenoxy) is 1. The molecule has 8 amide bonds. The highest BCUT2D eigenvalue weighted by atomic mass is 16.6. The molecule has 0 aliphatic carbocycles. The Kier molecular flexibility index (Phi) is 20.5. The molecule has 2 aromatic carbocycles. The number of nitrogens with two attached hydrogens (primary N) is 2. The summed E-state index contributed by atoms with van der Waals surface area (Å²) in [5, 5.41) is 36.8. The molecule has 0 unspecified atom stereocenters. The number of nitrogens with one attached hydrogen (secondary N) is 7. The third-order valence-electron chi connectivity index (χ3n) is 9.40. The minimum absolute atomic E-state index is 0.0216. The maximum Gasteiger partial charge on any atom is 0.408 e. The molecule has 2 aromatic rings. The molecule has 0 aromatic heterocycles. The number of anilines is 1. The highest BCUT2D eigenvalue weighted by Crippen LogP contribution is 2.14. The van der Waals surface area contributed by atoms with E-state index in [1.807, 2.05) is 0 Å². The number of carboxylic acid groups (broad SMARTS) is 1. The van der Waals surface area contributed by atoms with Crippen molar-refractivity contribution in [1.29, 1.82) is 0 Å². The number of carbonyl (C=O) groups excluding carboxylic acids is 8. The van der Waals surface area contributed by atoms with E-state index in [9.17, 15) is 53.4 Å². The maximum atomic E-state index is 14.1. The number of carboxylic acids is 1. The van der Waals surface area contributed by atoms with Crippen LogP contribution in [-0.2, 0) is 55.9 Å². The fourth-order valence-electron chi connectivity index (χ4n) is 5.96.